The summed E-state index contributed by atoms with van der Waals surface area (Å²) in [6.45, 7) is 3.72. The number of aromatic amines is 1. The summed E-state index contributed by atoms with van der Waals surface area (Å²) in [6.07, 6.45) is 0. The molecule has 182 valence electrons. The number of hydrogen-bond donors (Lipinski definition) is 1. The monoisotopic (exact) mass is 562 g/mol. The number of carbonyl (C=O) groups is 1. The van der Waals surface area contributed by atoms with E-state index in [2.05, 4.69) is 30.7 Å². The number of fused-ring (bicyclic) bond motifs is 1. The molecule has 7 nitrogen and oxygen atoms in total. The highest BCUT2D eigenvalue weighted by Gasteiger charge is 2.21. The first-order chi connectivity index (χ1) is 17.4. The average molecular weight is 563 g/mol. The van der Waals surface area contributed by atoms with E-state index in [1.807, 2.05) is 78.2 Å². The Labute approximate surface area is 221 Å². The maximum absolute atomic E-state index is 12.7. The molecule has 0 amide bonds. The standard InChI is InChI=1S/C27H23BrN4O3S/c1-16-26(17(2)33)21-13-24(22(28)14-23(21)31(16)19-9-11-20(34-3)12-10-19)35-15-25-29-30-27(36)32(25)18-7-5-4-6-8-18/h4-14H,15H2,1-3H3,(H,30,36). The molecule has 0 aliphatic carbocycles. The van der Waals surface area contributed by atoms with Gasteiger partial charge in [-0.1, -0.05) is 18.2 Å². The molecule has 0 atom stereocenters. The van der Waals surface area contributed by atoms with Gasteiger partial charge >= 0.3 is 0 Å². The van der Waals surface area contributed by atoms with Crippen molar-refractivity contribution >= 4 is 44.8 Å². The Balaban J connectivity index is 1.56. The van der Waals surface area contributed by atoms with Crippen molar-refractivity contribution in [3.05, 3.63) is 93.1 Å². The molecule has 5 aromatic rings. The van der Waals surface area contributed by atoms with Crippen molar-refractivity contribution in [2.75, 3.05) is 7.11 Å². The summed E-state index contributed by atoms with van der Waals surface area (Å²) < 4.78 is 16.7. The number of hydrogen-bond acceptors (Lipinski definition) is 5. The highest BCUT2D eigenvalue weighted by Crippen LogP contribution is 2.37. The van der Waals surface area contributed by atoms with Crippen LogP contribution in [0.3, 0.4) is 0 Å². The number of carbonyl (C=O) groups excluding carboxylic acids is 1. The molecular formula is C27H23BrN4O3S. The van der Waals surface area contributed by atoms with Crippen LogP contribution >= 0.6 is 28.1 Å². The highest BCUT2D eigenvalue weighted by atomic mass is 79.9. The molecule has 0 saturated carbocycles. The Kier molecular flexibility index (Phi) is 6.51. The molecule has 2 heterocycles. The van der Waals surface area contributed by atoms with E-state index in [4.69, 9.17) is 21.7 Å². The molecule has 5 rings (SSSR count). The number of methoxy groups -OCH3 is 1. The summed E-state index contributed by atoms with van der Waals surface area (Å²) in [6, 6.07) is 21.4. The Morgan fingerprint density at radius 1 is 1.06 bits per heavy atom. The van der Waals surface area contributed by atoms with E-state index in [1.54, 1.807) is 14.0 Å². The summed E-state index contributed by atoms with van der Waals surface area (Å²) in [5, 5.41) is 8.01. The van der Waals surface area contributed by atoms with Gasteiger partial charge < -0.3 is 14.0 Å². The van der Waals surface area contributed by atoms with Gasteiger partial charge in [-0.25, -0.2) is 0 Å². The summed E-state index contributed by atoms with van der Waals surface area (Å²) >= 11 is 9.09. The number of benzene rings is 3. The van der Waals surface area contributed by atoms with E-state index in [0.29, 0.717) is 21.9 Å². The van der Waals surface area contributed by atoms with Gasteiger partial charge in [-0.2, -0.15) is 5.10 Å². The van der Waals surface area contributed by atoms with E-state index in [9.17, 15) is 4.79 Å². The predicted octanol–water partition coefficient (Wildman–Crippen LogP) is 6.73. The van der Waals surface area contributed by atoms with E-state index < -0.39 is 0 Å². The fourth-order valence-electron chi connectivity index (χ4n) is 4.45. The van der Waals surface area contributed by atoms with Gasteiger partial charge in [0.05, 0.1) is 17.1 Å². The lowest BCUT2D eigenvalue weighted by atomic mass is 10.1. The minimum Gasteiger partial charge on any atom is -0.497 e. The van der Waals surface area contributed by atoms with Crippen molar-refractivity contribution in [3.63, 3.8) is 0 Å². The van der Waals surface area contributed by atoms with Crippen LogP contribution in [-0.2, 0) is 6.61 Å². The number of para-hydroxylation sites is 1. The number of halogens is 1. The lowest BCUT2D eigenvalue weighted by Gasteiger charge is -2.12. The van der Waals surface area contributed by atoms with Gasteiger partial charge in [-0.05, 0) is 90.5 Å². The van der Waals surface area contributed by atoms with E-state index in [0.717, 1.165) is 38.2 Å². The normalized spacial score (nSPS) is 11.1. The van der Waals surface area contributed by atoms with Gasteiger partial charge in [0.25, 0.3) is 0 Å². The van der Waals surface area contributed by atoms with Crippen LogP contribution in [0.4, 0.5) is 0 Å². The molecule has 1 N–H and O–H groups in total. The molecule has 0 spiro atoms. The summed E-state index contributed by atoms with van der Waals surface area (Å²) in [7, 11) is 1.64. The molecule has 0 bridgehead atoms. The topological polar surface area (TPSA) is 74.1 Å². The number of Topliss-reactive ketones (excluding diaryl/α,β-unsaturated/α-hetero) is 1. The molecule has 0 saturated heterocycles. The zero-order valence-electron chi connectivity index (χ0n) is 19.9. The van der Waals surface area contributed by atoms with Crippen molar-refractivity contribution in [3.8, 4) is 22.9 Å². The van der Waals surface area contributed by atoms with Crippen LogP contribution in [-0.4, -0.2) is 32.2 Å². The van der Waals surface area contributed by atoms with Crippen LogP contribution in [0.15, 0.2) is 71.2 Å². The van der Waals surface area contributed by atoms with E-state index in [-0.39, 0.29) is 12.4 Å². The number of ether oxygens (including phenoxy) is 2. The van der Waals surface area contributed by atoms with Gasteiger partial charge in [0, 0.05) is 28.0 Å². The second-order valence-corrected chi connectivity index (χ2v) is 9.50. The number of ketones is 1. The molecule has 0 unspecified atom stereocenters. The van der Waals surface area contributed by atoms with Crippen molar-refractivity contribution in [1.82, 2.24) is 19.3 Å². The molecule has 3 aromatic carbocycles. The summed E-state index contributed by atoms with van der Waals surface area (Å²) in [5.41, 5.74) is 4.25. The fraction of sp³-hybridized carbons (Fsp3) is 0.148. The maximum Gasteiger partial charge on any atom is 0.199 e. The molecular weight excluding hydrogens is 540 g/mol. The highest BCUT2D eigenvalue weighted by molar-refractivity contribution is 9.10. The number of rotatable bonds is 7. The average Bonchev–Trinajstić information content (AvgIpc) is 3.38. The van der Waals surface area contributed by atoms with Crippen molar-refractivity contribution < 1.29 is 14.3 Å². The van der Waals surface area contributed by atoms with Crippen LogP contribution in [0.25, 0.3) is 22.3 Å². The first-order valence-electron chi connectivity index (χ1n) is 11.2. The Bertz CT molecular complexity index is 1640. The molecule has 0 fully saturated rings. The largest absolute Gasteiger partial charge is 0.497 e. The zero-order chi connectivity index (χ0) is 25.4. The first kappa shape index (κ1) is 24.0. The number of H-pyrrole nitrogens is 1. The van der Waals surface area contributed by atoms with Crippen LogP contribution in [0.2, 0.25) is 0 Å². The molecule has 0 aliphatic rings. The number of aromatic nitrogens is 4. The maximum atomic E-state index is 12.7. The van der Waals surface area contributed by atoms with Crippen molar-refractivity contribution in [2.45, 2.75) is 20.5 Å². The molecule has 2 aromatic heterocycles. The SMILES string of the molecule is COc1ccc(-n2c(C)c(C(C)=O)c3cc(OCc4n[nH]c(=S)n4-c4ccccc4)c(Br)cc32)cc1. The van der Waals surface area contributed by atoms with Gasteiger partial charge in [0.1, 0.15) is 18.1 Å². The summed E-state index contributed by atoms with van der Waals surface area (Å²) in [4.78, 5) is 12.7. The molecule has 9 heteroatoms. The van der Waals surface area contributed by atoms with Crippen molar-refractivity contribution in [1.29, 1.82) is 0 Å². The smallest absolute Gasteiger partial charge is 0.199 e. The number of nitrogens with zero attached hydrogens (tertiary/aromatic N) is 3. The molecule has 36 heavy (non-hydrogen) atoms. The third-order valence-electron chi connectivity index (χ3n) is 6.05. The first-order valence-corrected chi connectivity index (χ1v) is 12.4. The van der Waals surface area contributed by atoms with Crippen LogP contribution < -0.4 is 9.47 Å². The number of nitrogens with one attached hydrogen (secondary N) is 1. The van der Waals surface area contributed by atoms with Crippen LogP contribution in [0.1, 0.15) is 28.8 Å². The summed E-state index contributed by atoms with van der Waals surface area (Å²) in [5.74, 6) is 2.00. The molecule has 0 radical (unpaired) electrons. The third-order valence-corrected chi connectivity index (χ3v) is 6.95. The van der Waals surface area contributed by atoms with Crippen LogP contribution in [0.5, 0.6) is 11.5 Å². The van der Waals surface area contributed by atoms with Gasteiger partial charge in [0.15, 0.2) is 16.4 Å². The quantitative estimate of drug-likeness (QED) is 0.176. The lowest BCUT2D eigenvalue weighted by molar-refractivity contribution is 0.101. The minimum atomic E-state index is -0.0111. The Hall–Kier alpha value is -3.69. The third kappa shape index (κ3) is 4.25. The fourth-order valence-corrected chi connectivity index (χ4v) is 5.15. The van der Waals surface area contributed by atoms with Gasteiger partial charge in [-0.3, -0.25) is 14.5 Å². The van der Waals surface area contributed by atoms with Gasteiger partial charge in [-0.15, -0.1) is 0 Å². The Morgan fingerprint density at radius 3 is 2.42 bits per heavy atom. The van der Waals surface area contributed by atoms with Gasteiger partial charge in [0.2, 0.25) is 0 Å². The predicted molar refractivity (Wildman–Crippen MR) is 145 cm³/mol. The zero-order valence-corrected chi connectivity index (χ0v) is 22.3. The Morgan fingerprint density at radius 2 is 1.75 bits per heavy atom. The second kappa shape index (κ2) is 9.75. The second-order valence-electron chi connectivity index (χ2n) is 8.25. The van der Waals surface area contributed by atoms with Crippen molar-refractivity contribution in [2.24, 2.45) is 0 Å². The lowest BCUT2D eigenvalue weighted by Crippen LogP contribution is -2.06. The van der Waals surface area contributed by atoms with E-state index in [1.165, 1.54) is 0 Å². The molecule has 0 aliphatic heterocycles. The minimum absolute atomic E-state index is 0.0111. The van der Waals surface area contributed by atoms with Crippen LogP contribution in [0, 0.1) is 11.7 Å². The van der Waals surface area contributed by atoms with E-state index >= 15 is 0 Å².